The van der Waals surface area contributed by atoms with Gasteiger partial charge in [0.25, 0.3) is 0 Å². The Labute approximate surface area is 140 Å². The Hall–Kier alpha value is -1.55. The van der Waals surface area contributed by atoms with E-state index in [1.165, 1.54) is 11.8 Å². The van der Waals surface area contributed by atoms with Crippen molar-refractivity contribution in [2.24, 2.45) is 0 Å². The first-order valence-electron chi connectivity index (χ1n) is 6.82. The molecule has 0 aromatic heterocycles. The van der Waals surface area contributed by atoms with Gasteiger partial charge in [0.05, 0.1) is 18.4 Å². The van der Waals surface area contributed by atoms with Gasteiger partial charge in [-0.2, -0.15) is 0 Å². The molecule has 0 radical (unpaired) electrons. The average Bonchev–Trinajstić information content (AvgIpc) is 2.79. The maximum absolute atomic E-state index is 12.3. The van der Waals surface area contributed by atoms with Gasteiger partial charge in [-0.05, 0) is 24.1 Å². The van der Waals surface area contributed by atoms with Crippen molar-refractivity contribution in [3.05, 3.63) is 29.8 Å². The Kier molecular flexibility index (Phi) is 6.25. The van der Waals surface area contributed by atoms with Crippen LogP contribution in [0.25, 0.3) is 0 Å². The fraction of sp³-hybridized carbons (Fsp3) is 0.375. The lowest BCUT2D eigenvalue weighted by Crippen LogP contribution is -2.34. The van der Waals surface area contributed by atoms with Gasteiger partial charge in [-0.15, -0.1) is 6.42 Å². The highest BCUT2D eigenvalue weighted by Gasteiger charge is 2.36. The molecule has 0 unspecified atom stereocenters. The topological polar surface area (TPSA) is 38.8 Å². The van der Waals surface area contributed by atoms with E-state index in [0.29, 0.717) is 23.9 Å². The summed E-state index contributed by atoms with van der Waals surface area (Å²) in [5, 5.41) is -0.165. The Morgan fingerprint density at radius 1 is 1.41 bits per heavy atom. The second kappa shape index (κ2) is 8.18. The molecule has 6 heteroatoms. The molecule has 1 aliphatic heterocycles. The zero-order valence-corrected chi connectivity index (χ0v) is 13.9. The van der Waals surface area contributed by atoms with Gasteiger partial charge in [-0.3, -0.25) is 9.69 Å². The van der Waals surface area contributed by atoms with E-state index in [2.05, 4.69) is 5.92 Å². The molecule has 1 aromatic carbocycles. The molecule has 1 heterocycles. The quantitative estimate of drug-likeness (QED) is 0.564. The molecular formula is C16H17NO3S2. The number of ether oxygens (including phenoxy) is 2. The molecule has 1 saturated heterocycles. The number of thioether (sulfide) groups is 1. The van der Waals surface area contributed by atoms with Gasteiger partial charge in [0.15, 0.2) is 0 Å². The summed E-state index contributed by atoms with van der Waals surface area (Å²) in [6.07, 6.45) is 5.79. The zero-order chi connectivity index (χ0) is 15.9. The number of amides is 1. The number of rotatable bonds is 7. The van der Waals surface area contributed by atoms with Crippen LogP contribution in [0, 0.1) is 12.3 Å². The summed E-state index contributed by atoms with van der Waals surface area (Å²) in [4.78, 5) is 14.0. The number of carbonyl (C=O) groups excluding carboxylic acids is 1. The monoisotopic (exact) mass is 335 g/mol. The van der Waals surface area contributed by atoms with Gasteiger partial charge in [0, 0.05) is 7.11 Å². The maximum Gasteiger partial charge on any atom is 0.242 e. The van der Waals surface area contributed by atoms with Crippen molar-refractivity contribution in [1.82, 2.24) is 4.90 Å². The predicted molar refractivity (Wildman–Crippen MR) is 92.0 cm³/mol. The Morgan fingerprint density at radius 3 is 2.77 bits per heavy atom. The van der Waals surface area contributed by atoms with E-state index in [4.69, 9.17) is 28.1 Å². The smallest absolute Gasteiger partial charge is 0.242 e. The summed E-state index contributed by atoms with van der Waals surface area (Å²) >= 11 is 6.71. The van der Waals surface area contributed by atoms with Crippen LogP contribution in [0.15, 0.2) is 24.3 Å². The van der Waals surface area contributed by atoms with E-state index in [1.807, 2.05) is 24.3 Å². The zero-order valence-electron chi connectivity index (χ0n) is 12.3. The fourth-order valence-corrected chi connectivity index (χ4v) is 3.66. The second-order valence-corrected chi connectivity index (χ2v) is 6.53. The summed E-state index contributed by atoms with van der Waals surface area (Å²) in [6, 6.07) is 7.61. The van der Waals surface area contributed by atoms with Gasteiger partial charge in [0.1, 0.15) is 16.7 Å². The summed E-state index contributed by atoms with van der Waals surface area (Å²) in [5.41, 5.74) is 1.07. The van der Waals surface area contributed by atoms with Crippen LogP contribution in [0.1, 0.15) is 5.56 Å². The van der Waals surface area contributed by atoms with Crippen molar-refractivity contribution < 1.29 is 14.3 Å². The molecule has 0 saturated carbocycles. The third-order valence-electron chi connectivity index (χ3n) is 3.19. The minimum Gasteiger partial charge on any atom is -0.481 e. The molecule has 116 valence electrons. The van der Waals surface area contributed by atoms with Crippen molar-refractivity contribution >= 4 is 34.2 Å². The number of nitrogens with zero attached hydrogens (tertiary/aromatic N) is 1. The lowest BCUT2D eigenvalue weighted by Gasteiger charge is -2.14. The van der Waals surface area contributed by atoms with Crippen molar-refractivity contribution in [1.29, 1.82) is 0 Å². The molecule has 1 aromatic rings. The van der Waals surface area contributed by atoms with Crippen molar-refractivity contribution in [3.63, 3.8) is 0 Å². The largest absolute Gasteiger partial charge is 0.481 e. The van der Waals surface area contributed by atoms with Gasteiger partial charge in [-0.1, -0.05) is 42.0 Å². The SMILES string of the molecule is C#CCOc1ccc(C[C@@H]2SC(=S)N(CCOC)C2=O)cc1. The number of thiocarbonyl (C=S) groups is 1. The molecular weight excluding hydrogens is 318 g/mol. The number of carbonyl (C=O) groups is 1. The van der Waals surface area contributed by atoms with Gasteiger partial charge in [-0.25, -0.2) is 0 Å². The first-order valence-corrected chi connectivity index (χ1v) is 8.10. The van der Waals surface area contributed by atoms with Crippen LogP contribution in [0.2, 0.25) is 0 Å². The van der Waals surface area contributed by atoms with Crippen LogP contribution >= 0.6 is 24.0 Å². The summed E-state index contributed by atoms with van der Waals surface area (Å²) in [5.74, 6) is 3.20. The van der Waals surface area contributed by atoms with Gasteiger partial charge in [0.2, 0.25) is 5.91 Å². The highest BCUT2D eigenvalue weighted by Crippen LogP contribution is 2.30. The Bertz CT molecular complexity index is 580. The normalized spacial score (nSPS) is 17.6. The van der Waals surface area contributed by atoms with Crippen molar-refractivity contribution in [2.75, 3.05) is 26.9 Å². The number of benzene rings is 1. The van der Waals surface area contributed by atoms with Crippen molar-refractivity contribution in [2.45, 2.75) is 11.7 Å². The molecule has 0 aliphatic carbocycles. The predicted octanol–water partition coefficient (Wildman–Crippen LogP) is 2.12. The molecule has 4 nitrogen and oxygen atoms in total. The van der Waals surface area contributed by atoms with Crippen LogP contribution in [0.4, 0.5) is 0 Å². The average molecular weight is 335 g/mol. The first-order chi connectivity index (χ1) is 10.7. The lowest BCUT2D eigenvalue weighted by atomic mass is 10.1. The Morgan fingerprint density at radius 2 is 2.14 bits per heavy atom. The number of hydrogen-bond donors (Lipinski definition) is 0. The van der Waals surface area contributed by atoms with E-state index in [1.54, 1.807) is 12.0 Å². The van der Waals surface area contributed by atoms with E-state index in [0.717, 1.165) is 11.3 Å². The third-order valence-corrected chi connectivity index (χ3v) is 4.77. The Balaban J connectivity index is 1.95. The molecule has 1 amide bonds. The number of methoxy groups -OCH3 is 1. The van der Waals surface area contributed by atoms with Gasteiger partial charge >= 0.3 is 0 Å². The van der Waals surface area contributed by atoms with Gasteiger partial charge < -0.3 is 9.47 Å². The van der Waals surface area contributed by atoms with Crippen LogP contribution in [-0.2, 0) is 16.0 Å². The van der Waals surface area contributed by atoms with E-state index in [-0.39, 0.29) is 17.8 Å². The first kappa shape index (κ1) is 16.8. The van der Waals surface area contributed by atoms with E-state index in [9.17, 15) is 4.79 Å². The van der Waals surface area contributed by atoms with E-state index < -0.39 is 0 Å². The molecule has 1 fully saturated rings. The van der Waals surface area contributed by atoms with Crippen LogP contribution in [-0.4, -0.2) is 47.2 Å². The third kappa shape index (κ3) is 4.23. The maximum atomic E-state index is 12.3. The molecule has 1 aliphatic rings. The van der Waals surface area contributed by atoms with Crippen LogP contribution in [0.3, 0.4) is 0 Å². The highest BCUT2D eigenvalue weighted by molar-refractivity contribution is 8.24. The minimum atomic E-state index is -0.165. The van der Waals surface area contributed by atoms with Crippen LogP contribution < -0.4 is 4.74 Å². The molecule has 0 spiro atoms. The summed E-state index contributed by atoms with van der Waals surface area (Å²) < 4.78 is 11.0. The molecule has 22 heavy (non-hydrogen) atoms. The molecule has 1 atom stereocenters. The van der Waals surface area contributed by atoms with E-state index >= 15 is 0 Å². The molecule has 0 bridgehead atoms. The summed E-state index contributed by atoms with van der Waals surface area (Å²) in [7, 11) is 1.61. The number of terminal acetylenes is 1. The minimum absolute atomic E-state index is 0.0553. The standard InChI is InChI=1S/C16H17NO3S2/c1-3-9-20-13-6-4-12(5-7-13)11-14-15(18)17(8-10-19-2)16(21)22-14/h1,4-7,14H,8-11H2,2H3/t14-/m0/s1. The van der Waals surface area contributed by atoms with Crippen molar-refractivity contribution in [3.8, 4) is 18.1 Å². The highest BCUT2D eigenvalue weighted by atomic mass is 32.2. The molecule has 2 rings (SSSR count). The van der Waals surface area contributed by atoms with Crippen LogP contribution in [0.5, 0.6) is 5.75 Å². The number of hydrogen-bond acceptors (Lipinski definition) is 5. The summed E-state index contributed by atoms with van der Waals surface area (Å²) in [6.45, 7) is 1.25. The lowest BCUT2D eigenvalue weighted by molar-refractivity contribution is -0.126. The second-order valence-electron chi connectivity index (χ2n) is 4.70. The molecule has 0 N–H and O–H groups in total. The fourth-order valence-electron chi connectivity index (χ4n) is 2.07.